The molecular weight excluding hydrogens is 460 g/mol. The van der Waals surface area contributed by atoms with E-state index in [0.29, 0.717) is 39.6 Å². The summed E-state index contributed by atoms with van der Waals surface area (Å²) in [6, 6.07) is 16.9. The molecule has 36 heavy (non-hydrogen) atoms. The molecule has 3 aromatic rings. The minimum atomic E-state index is -0.844. The summed E-state index contributed by atoms with van der Waals surface area (Å²) in [7, 11) is 5.42. The second-order valence-corrected chi connectivity index (χ2v) is 8.87. The zero-order valence-corrected chi connectivity index (χ0v) is 20.4. The maximum absolute atomic E-state index is 13.4. The molecule has 1 saturated heterocycles. The van der Waals surface area contributed by atoms with E-state index in [2.05, 4.69) is 0 Å². The van der Waals surface area contributed by atoms with Crippen LogP contribution in [0, 0.1) is 6.92 Å². The van der Waals surface area contributed by atoms with E-state index in [1.807, 2.05) is 50.2 Å². The fourth-order valence-electron chi connectivity index (χ4n) is 4.58. The van der Waals surface area contributed by atoms with Crippen LogP contribution in [-0.2, 0) is 9.59 Å². The maximum Gasteiger partial charge on any atom is 0.300 e. The van der Waals surface area contributed by atoms with E-state index >= 15 is 0 Å². The minimum absolute atomic E-state index is 0.0172. The molecule has 3 aromatic carbocycles. The largest absolute Gasteiger partial charge is 0.507 e. The Morgan fingerprint density at radius 1 is 1.00 bits per heavy atom. The first-order valence-corrected chi connectivity index (χ1v) is 11.4. The summed E-state index contributed by atoms with van der Waals surface area (Å²) in [5, 5.41) is 11.4. The fourth-order valence-corrected chi connectivity index (χ4v) is 4.58. The van der Waals surface area contributed by atoms with E-state index < -0.39 is 17.7 Å². The van der Waals surface area contributed by atoms with Crippen LogP contribution in [-0.4, -0.2) is 44.8 Å². The number of rotatable bonds is 5. The molecule has 5 rings (SSSR count). The zero-order valence-electron chi connectivity index (χ0n) is 20.4. The van der Waals surface area contributed by atoms with Crippen LogP contribution in [0.5, 0.6) is 17.2 Å². The van der Waals surface area contributed by atoms with Gasteiger partial charge in [0.05, 0.1) is 18.7 Å². The van der Waals surface area contributed by atoms with Gasteiger partial charge in [-0.3, -0.25) is 14.5 Å². The molecule has 1 unspecified atom stereocenters. The van der Waals surface area contributed by atoms with Gasteiger partial charge in [0.15, 0.2) is 11.5 Å². The molecule has 0 aliphatic carbocycles. The number of aliphatic hydroxyl groups excluding tert-OH is 1. The molecule has 184 valence electrons. The SMILES string of the molecule is COc1ccc(/C(O)=C2\C(=O)C(=O)N(c3ccc4c(c3)OCO4)C2c2ccc(N(C)C)cc2)c(C)c1. The Hall–Kier alpha value is -4.46. The number of hydrogen-bond acceptors (Lipinski definition) is 7. The highest BCUT2D eigenvalue weighted by molar-refractivity contribution is 6.51. The fraction of sp³-hybridized carbons (Fsp3) is 0.214. The second-order valence-electron chi connectivity index (χ2n) is 8.87. The molecular formula is C28H26N2O6. The maximum atomic E-state index is 13.4. The molecule has 1 N–H and O–H groups in total. The quantitative estimate of drug-likeness (QED) is 0.324. The Balaban J connectivity index is 1.70. The Kier molecular flexibility index (Phi) is 5.80. The number of ether oxygens (including phenoxy) is 3. The molecule has 2 aliphatic heterocycles. The van der Waals surface area contributed by atoms with Crippen LogP contribution in [0.25, 0.3) is 5.76 Å². The number of benzene rings is 3. The normalized spacial score (nSPS) is 18.0. The summed E-state index contributed by atoms with van der Waals surface area (Å²) in [6.07, 6.45) is 0. The van der Waals surface area contributed by atoms with Crippen molar-refractivity contribution in [2.75, 3.05) is 37.8 Å². The standard InChI is InChI=1S/C28H26N2O6/c1-16-13-20(34-4)10-11-21(16)26(31)24-25(17-5-7-18(8-6-17)29(2)3)30(28(33)27(24)32)19-9-12-22-23(14-19)36-15-35-22/h5-14,25,31H,15H2,1-4H3/b26-24+. The summed E-state index contributed by atoms with van der Waals surface area (Å²) < 4.78 is 16.2. The number of nitrogens with zero attached hydrogens (tertiary/aromatic N) is 2. The van der Waals surface area contributed by atoms with E-state index in [1.54, 1.807) is 43.5 Å². The Morgan fingerprint density at radius 3 is 2.39 bits per heavy atom. The Labute approximate surface area is 208 Å². The second kappa shape index (κ2) is 8.96. The molecule has 8 nitrogen and oxygen atoms in total. The van der Waals surface area contributed by atoms with Crippen LogP contribution in [0.1, 0.15) is 22.7 Å². The third kappa shape index (κ3) is 3.80. The van der Waals surface area contributed by atoms with Crippen LogP contribution in [0.4, 0.5) is 11.4 Å². The van der Waals surface area contributed by atoms with Crippen molar-refractivity contribution >= 4 is 28.8 Å². The van der Waals surface area contributed by atoms with Crippen LogP contribution in [0.15, 0.2) is 66.2 Å². The molecule has 0 spiro atoms. The number of aliphatic hydroxyl groups is 1. The van der Waals surface area contributed by atoms with Crippen LogP contribution >= 0.6 is 0 Å². The van der Waals surface area contributed by atoms with Crippen molar-refractivity contribution < 1.29 is 28.9 Å². The van der Waals surface area contributed by atoms with Gasteiger partial charge in [0, 0.05) is 37.1 Å². The monoisotopic (exact) mass is 486 g/mol. The van der Waals surface area contributed by atoms with Gasteiger partial charge >= 0.3 is 0 Å². The third-order valence-corrected chi connectivity index (χ3v) is 6.49. The molecule has 2 heterocycles. The van der Waals surface area contributed by atoms with Crippen molar-refractivity contribution in [1.29, 1.82) is 0 Å². The van der Waals surface area contributed by atoms with Crippen molar-refractivity contribution in [2.24, 2.45) is 0 Å². The molecule has 0 saturated carbocycles. The van der Waals surface area contributed by atoms with Gasteiger partial charge in [-0.05, 0) is 60.5 Å². The van der Waals surface area contributed by atoms with Crippen LogP contribution < -0.4 is 24.0 Å². The van der Waals surface area contributed by atoms with Crippen molar-refractivity contribution in [1.82, 2.24) is 0 Å². The topological polar surface area (TPSA) is 88.5 Å². The highest BCUT2D eigenvalue weighted by Gasteiger charge is 2.47. The summed E-state index contributed by atoms with van der Waals surface area (Å²) in [6.45, 7) is 1.90. The first-order chi connectivity index (χ1) is 17.3. The number of aryl methyl sites for hydroxylation is 1. The van der Waals surface area contributed by atoms with Gasteiger partial charge in [-0.1, -0.05) is 12.1 Å². The Bertz CT molecular complexity index is 1390. The van der Waals surface area contributed by atoms with Crippen molar-refractivity contribution in [2.45, 2.75) is 13.0 Å². The van der Waals surface area contributed by atoms with Crippen molar-refractivity contribution in [3.05, 3.63) is 82.9 Å². The lowest BCUT2D eigenvalue weighted by atomic mass is 9.93. The number of carbonyl (C=O) groups is 2. The lowest BCUT2D eigenvalue weighted by molar-refractivity contribution is -0.132. The van der Waals surface area contributed by atoms with Crippen molar-refractivity contribution in [3.8, 4) is 17.2 Å². The molecule has 0 aromatic heterocycles. The third-order valence-electron chi connectivity index (χ3n) is 6.49. The van der Waals surface area contributed by atoms with Crippen LogP contribution in [0.3, 0.4) is 0 Å². The predicted molar refractivity (Wildman–Crippen MR) is 136 cm³/mol. The minimum Gasteiger partial charge on any atom is -0.507 e. The van der Waals surface area contributed by atoms with Gasteiger partial charge in [0.1, 0.15) is 11.5 Å². The van der Waals surface area contributed by atoms with Gasteiger partial charge < -0.3 is 24.2 Å². The number of Topliss-reactive ketones (excluding diaryl/α,β-unsaturated/α-hetero) is 1. The highest BCUT2D eigenvalue weighted by Crippen LogP contribution is 2.45. The van der Waals surface area contributed by atoms with Gasteiger partial charge in [-0.2, -0.15) is 0 Å². The number of fused-ring (bicyclic) bond motifs is 1. The first-order valence-electron chi connectivity index (χ1n) is 11.4. The molecule has 1 atom stereocenters. The molecule has 1 amide bonds. The summed E-state index contributed by atoms with van der Waals surface area (Å²) >= 11 is 0. The average Bonchev–Trinajstić information content (AvgIpc) is 3.45. The molecule has 0 bridgehead atoms. The number of carbonyl (C=O) groups excluding carboxylic acids is 2. The van der Waals surface area contributed by atoms with E-state index in [4.69, 9.17) is 14.2 Å². The lowest BCUT2D eigenvalue weighted by Crippen LogP contribution is -2.29. The number of anilines is 2. The number of ketones is 1. The number of hydrogen-bond donors (Lipinski definition) is 1. The number of methoxy groups -OCH3 is 1. The van der Waals surface area contributed by atoms with Gasteiger partial charge in [0.2, 0.25) is 6.79 Å². The van der Waals surface area contributed by atoms with Crippen LogP contribution in [0.2, 0.25) is 0 Å². The summed E-state index contributed by atoms with van der Waals surface area (Å²) in [5.41, 5.74) is 3.30. The summed E-state index contributed by atoms with van der Waals surface area (Å²) in [5.74, 6) is -0.0531. The lowest BCUT2D eigenvalue weighted by Gasteiger charge is -2.26. The van der Waals surface area contributed by atoms with E-state index in [-0.39, 0.29) is 18.1 Å². The highest BCUT2D eigenvalue weighted by atomic mass is 16.7. The van der Waals surface area contributed by atoms with Crippen molar-refractivity contribution in [3.63, 3.8) is 0 Å². The molecule has 8 heteroatoms. The summed E-state index contributed by atoms with van der Waals surface area (Å²) in [4.78, 5) is 30.2. The average molecular weight is 487 g/mol. The van der Waals surface area contributed by atoms with E-state index in [9.17, 15) is 14.7 Å². The Morgan fingerprint density at radius 2 is 1.72 bits per heavy atom. The first kappa shape index (κ1) is 23.3. The molecule has 2 aliphatic rings. The number of amides is 1. The van der Waals surface area contributed by atoms with E-state index in [1.165, 1.54) is 4.90 Å². The van der Waals surface area contributed by atoms with E-state index in [0.717, 1.165) is 5.69 Å². The van der Waals surface area contributed by atoms with Gasteiger partial charge in [-0.25, -0.2) is 0 Å². The molecule has 0 radical (unpaired) electrons. The zero-order chi connectivity index (χ0) is 25.6. The smallest absolute Gasteiger partial charge is 0.300 e. The predicted octanol–water partition coefficient (Wildman–Crippen LogP) is 4.42. The van der Waals surface area contributed by atoms with Gasteiger partial charge in [0.25, 0.3) is 11.7 Å². The molecule has 1 fully saturated rings. The van der Waals surface area contributed by atoms with Gasteiger partial charge in [-0.15, -0.1) is 0 Å².